The van der Waals surface area contributed by atoms with E-state index in [0.29, 0.717) is 60.4 Å². The molecule has 7 aliphatic rings. The molecule has 560 valence electrons. The van der Waals surface area contributed by atoms with Crippen LogP contribution in [0, 0.1) is 108 Å². The number of alkyl carbamates (subject to hydrolysis) is 2. The quantitative estimate of drug-likeness (QED) is 0.0628. The maximum Gasteiger partial charge on any atom is 0.407 e. The molecule has 0 radical (unpaired) electrons. The highest BCUT2D eigenvalue weighted by Crippen LogP contribution is 2.59. The summed E-state index contributed by atoms with van der Waals surface area (Å²) in [6, 6.07) is 19.0. The Bertz CT molecular complexity index is 3110. The number of azide groups is 1. The molecule has 1 unspecified atom stereocenters. The van der Waals surface area contributed by atoms with Crippen molar-refractivity contribution in [2.24, 2.45) is 119 Å². The van der Waals surface area contributed by atoms with Gasteiger partial charge in [-0.25, -0.2) is 9.59 Å². The summed E-state index contributed by atoms with van der Waals surface area (Å²) in [5.74, 6) is 0.463. The Balaban J connectivity index is 0.000000403. The lowest BCUT2D eigenvalue weighted by atomic mass is 9.47. The summed E-state index contributed by atoms with van der Waals surface area (Å²) in [6.07, 6.45) is 4.31. The summed E-state index contributed by atoms with van der Waals surface area (Å²) < 4.78 is 10.3. The summed E-state index contributed by atoms with van der Waals surface area (Å²) in [5.41, 5.74) is 15.2. The number of carboxylic acid groups (broad SMARTS) is 2. The van der Waals surface area contributed by atoms with Gasteiger partial charge in [-0.1, -0.05) is 193 Å². The van der Waals surface area contributed by atoms with Crippen LogP contribution in [0.4, 0.5) is 9.59 Å². The van der Waals surface area contributed by atoms with Crippen molar-refractivity contribution in [2.75, 3.05) is 0 Å². The number of carbonyl (C=O) groups is 11. The van der Waals surface area contributed by atoms with E-state index in [-0.39, 0.29) is 130 Å². The van der Waals surface area contributed by atoms with Crippen molar-refractivity contribution < 1.29 is 72.4 Å². The molecule has 21 heteroatoms. The zero-order valence-corrected chi connectivity index (χ0v) is 63.8. The average molecular weight is 1400 g/mol. The summed E-state index contributed by atoms with van der Waals surface area (Å²) >= 11 is 0. The minimum Gasteiger partial charge on any atom is -0.481 e. The number of benzene rings is 2. The Morgan fingerprint density at radius 1 is 0.460 bits per heavy atom. The first-order valence-corrected chi connectivity index (χ1v) is 35.0. The van der Waals surface area contributed by atoms with E-state index in [0.717, 1.165) is 36.3 Å². The zero-order valence-electron chi connectivity index (χ0n) is 63.8. The third-order valence-electron chi connectivity index (χ3n) is 24.5. The number of aliphatic carboxylic acids is 2. The zero-order chi connectivity index (χ0) is 76.3. The first-order chi connectivity index (χ1) is 45.2. The molecule has 7 aliphatic carbocycles. The molecule has 0 saturated heterocycles. The molecule has 9 rings (SSSR count). The normalized spacial score (nSPS) is 28.9. The lowest BCUT2D eigenvalue weighted by molar-refractivity contribution is -0.162. The predicted octanol–water partition coefficient (Wildman–Crippen LogP) is 15.9. The Morgan fingerprint density at radius 2 is 0.770 bits per heavy atom. The van der Waals surface area contributed by atoms with Gasteiger partial charge in [0.2, 0.25) is 5.91 Å². The summed E-state index contributed by atoms with van der Waals surface area (Å²) in [5, 5.41) is 26.4. The second-order valence-electron chi connectivity index (χ2n) is 34.2. The highest BCUT2D eigenvalue weighted by Gasteiger charge is 2.57. The standard InChI is InChI=1S/C16H21NO3.C15H19NO4.C12H22O.C9H13N3O2.C9H14O3.C9H16O.C8H15NO.CH4/c1-11(18)13-9-14(16(13,2)3)17-15(19)20-10-12-7-5-4-6-8-12;1-15(2)11(13(17)18)8-12(15)16-14(19)20-9-10-6-4-3-5-7-10;1-8(13)9-7-10(11(2,3)4)12(9,5)6;1-5(13)6-4-7(9(6,2)3)8(14)11-12-10;1-5(10)6-4-7(8(11)12)9(6,2)3;1-6-5-8(7(2)10)9(6,3)4;1-5(10)6-4-7(9)8(6,2)3;/h4-8,13-14H,9-10H2,1-3H3,(H,17,19);3-7,11-12H,8-9H2,1-2H3,(H,16,19)(H,17,18);9-10H,7H2,1-6H3;6-7H,4H2,1-3H3;6-7H,4H2,1-3H3,(H,11,12);6,8H,5H2,1-4H3;6-7H,4,9H2,1-3H3;1H4/t13-,14-;11-,12-;9-,10?;2*6-,7+;6-,8-;6-,7-;/m0000000./s1. The van der Waals surface area contributed by atoms with Crippen LogP contribution >= 0.6 is 0 Å². The fourth-order valence-electron chi connectivity index (χ4n) is 16.0. The van der Waals surface area contributed by atoms with Crippen LogP contribution in [0.2, 0.25) is 0 Å². The number of hydrogen-bond donors (Lipinski definition) is 5. The van der Waals surface area contributed by atoms with Gasteiger partial charge in [0, 0.05) is 64.5 Å². The predicted molar refractivity (Wildman–Crippen MR) is 388 cm³/mol. The van der Waals surface area contributed by atoms with Crippen molar-refractivity contribution >= 4 is 64.7 Å². The molecule has 2 aromatic rings. The monoisotopic (exact) mass is 1400 g/mol. The molecule has 0 spiro atoms. The number of nitrogens with two attached hydrogens (primary N) is 1. The van der Waals surface area contributed by atoms with E-state index in [1.54, 1.807) is 27.7 Å². The first-order valence-electron chi connectivity index (χ1n) is 35.0. The van der Waals surface area contributed by atoms with E-state index in [2.05, 4.69) is 89.9 Å². The summed E-state index contributed by atoms with van der Waals surface area (Å²) in [6.45, 7) is 47.4. The Hall–Kier alpha value is -7.12. The molecule has 7 fully saturated rings. The Kier molecular flexibility index (Phi) is 31.3. The first kappa shape index (κ1) is 89.0. The van der Waals surface area contributed by atoms with Gasteiger partial charge in [-0.05, 0) is 163 Å². The molecule has 2 aromatic carbocycles. The van der Waals surface area contributed by atoms with Gasteiger partial charge in [0.1, 0.15) is 47.9 Å². The van der Waals surface area contributed by atoms with Crippen molar-refractivity contribution in [2.45, 2.75) is 250 Å². The molecule has 3 amide bonds. The topological polar surface area (TPSA) is 346 Å². The molecule has 21 nitrogen and oxygen atoms in total. The van der Waals surface area contributed by atoms with Gasteiger partial charge in [-0.3, -0.25) is 43.2 Å². The minimum absolute atomic E-state index is 0. The molecule has 0 aromatic heterocycles. The molecule has 6 N–H and O–H groups in total. The van der Waals surface area contributed by atoms with Crippen LogP contribution in [-0.2, 0) is 65.8 Å². The number of rotatable bonds is 15. The van der Waals surface area contributed by atoms with Gasteiger partial charge in [-0.2, -0.15) is 0 Å². The van der Waals surface area contributed by atoms with Crippen LogP contribution in [0.1, 0.15) is 230 Å². The third-order valence-corrected chi connectivity index (χ3v) is 24.5. The molecule has 0 bridgehead atoms. The lowest BCUT2D eigenvalue weighted by Gasteiger charge is -2.57. The molecule has 14 atom stereocenters. The number of ketones is 6. The van der Waals surface area contributed by atoms with Crippen molar-refractivity contribution in [3.8, 4) is 0 Å². The van der Waals surface area contributed by atoms with Gasteiger partial charge >= 0.3 is 24.1 Å². The van der Waals surface area contributed by atoms with Gasteiger partial charge in [0.05, 0.1) is 11.8 Å². The van der Waals surface area contributed by atoms with Crippen LogP contribution in [0.5, 0.6) is 0 Å². The van der Waals surface area contributed by atoms with Crippen molar-refractivity contribution in [1.82, 2.24) is 10.6 Å². The summed E-state index contributed by atoms with van der Waals surface area (Å²) in [7, 11) is 0. The second kappa shape index (κ2) is 35.2. The van der Waals surface area contributed by atoms with Crippen LogP contribution in [0.3, 0.4) is 0 Å². The van der Waals surface area contributed by atoms with E-state index in [9.17, 15) is 52.7 Å². The molecule has 0 heterocycles. The number of ether oxygens (including phenoxy) is 2. The van der Waals surface area contributed by atoms with Crippen molar-refractivity contribution in [1.29, 1.82) is 0 Å². The number of nitrogens with zero attached hydrogens (tertiary/aromatic N) is 3. The number of carboxylic acids is 2. The van der Waals surface area contributed by atoms with E-state index >= 15 is 0 Å². The van der Waals surface area contributed by atoms with E-state index in [1.165, 1.54) is 13.8 Å². The maximum absolute atomic E-state index is 11.8. The van der Waals surface area contributed by atoms with Gasteiger partial charge in [0.15, 0.2) is 0 Å². The van der Waals surface area contributed by atoms with Gasteiger partial charge in [-0.15, -0.1) is 0 Å². The lowest BCUT2D eigenvalue weighted by Crippen LogP contribution is -2.60. The minimum atomic E-state index is -0.814. The van der Waals surface area contributed by atoms with E-state index in [1.807, 2.05) is 116 Å². The van der Waals surface area contributed by atoms with Crippen LogP contribution in [-0.4, -0.2) is 93.1 Å². The number of nitrogens with one attached hydrogen (secondary N) is 2. The SMILES string of the molecule is C.CC(=O)[C@@H]1CC(C(C)(C)C)C1(C)C.CC(=O)[C@@H]1C[C@H](C(=O)N=[N+]=[N-])C1(C)C.CC(=O)[C@@H]1C[C@H](C(=O)O)C1(C)C.CC(=O)[C@@H]1C[C@H](C)C1(C)C.CC(=O)[C@@H]1C[C@H](N)C1(C)C.CC(=O)[C@@H]1C[C@H](NC(=O)OCc2ccccc2)C1(C)C.CC1(C)[C@@H](NC(=O)OCc2ccccc2)C[C@H]1C(=O)O. The Labute approximate surface area is 596 Å². The smallest absolute Gasteiger partial charge is 0.407 e. The fraction of sp³-hybridized carbons (Fsp3) is 0.709. The number of amides is 3. The molecular weight excluding hydrogens is 1270 g/mol. The van der Waals surface area contributed by atoms with Gasteiger partial charge < -0.3 is 36.1 Å². The average Bonchev–Trinajstić information content (AvgIpc) is 0.765. The Morgan fingerprint density at radius 3 is 1.02 bits per heavy atom. The van der Waals surface area contributed by atoms with E-state index in [4.69, 9.17) is 31.0 Å². The molecule has 7 saturated carbocycles. The number of hydrogen-bond acceptors (Lipinski definition) is 14. The highest BCUT2D eigenvalue weighted by molar-refractivity contribution is 5.88. The molecular formula is C79H124N6O15. The van der Waals surface area contributed by atoms with Crippen molar-refractivity contribution in [3.63, 3.8) is 0 Å². The largest absolute Gasteiger partial charge is 0.481 e. The maximum atomic E-state index is 11.8. The third kappa shape index (κ3) is 21.7. The molecule has 100 heavy (non-hydrogen) atoms. The second-order valence-corrected chi connectivity index (χ2v) is 34.2. The van der Waals surface area contributed by atoms with Crippen molar-refractivity contribution in [3.05, 3.63) is 82.2 Å². The molecule has 0 aliphatic heterocycles. The van der Waals surface area contributed by atoms with Crippen LogP contribution in [0.15, 0.2) is 65.8 Å². The number of Topliss-reactive ketones (excluding diaryl/α,β-unsaturated/α-hetero) is 6. The summed E-state index contributed by atoms with van der Waals surface area (Å²) in [4.78, 5) is 126. The number of carbonyl (C=O) groups excluding carboxylic acids is 9. The van der Waals surface area contributed by atoms with Crippen LogP contribution in [0.25, 0.3) is 10.4 Å². The van der Waals surface area contributed by atoms with Crippen LogP contribution < -0.4 is 16.4 Å². The fourth-order valence-corrected chi connectivity index (χ4v) is 16.0. The highest BCUT2D eigenvalue weighted by atomic mass is 16.6. The van der Waals surface area contributed by atoms with Gasteiger partial charge in [0.25, 0.3) is 0 Å². The van der Waals surface area contributed by atoms with E-state index < -0.39 is 41.4 Å².